The highest BCUT2D eigenvalue weighted by molar-refractivity contribution is 6.27. The minimum atomic E-state index is -0.254. The maximum Gasteiger partial charge on any atom is 0.126 e. The van der Waals surface area contributed by atoms with Crippen LogP contribution in [0.4, 0.5) is 4.39 Å². The largest absolute Gasteiger partial charge is 0.207 e. The molecule has 0 heterocycles. The molecule has 0 amide bonds. The fourth-order valence-electron chi connectivity index (χ4n) is 2.63. The van der Waals surface area contributed by atoms with Crippen molar-refractivity contribution in [1.29, 1.82) is 0 Å². The first-order valence-corrected chi connectivity index (χ1v) is 5.84. The first-order chi connectivity index (χ1) is 7.35. The summed E-state index contributed by atoms with van der Waals surface area (Å²) in [6.07, 6.45) is 0. The Balaban J connectivity index is 2.33. The van der Waals surface area contributed by atoms with Crippen LogP contribution in [0.15, 0.2) is 30.4 Å². The lowest BCUT2D eigenvalue weighted by atomic mass is 10.0. The monoisotopic (exact) mass is 238 g/mol. The highest BCUT2D eigenvalue weighted by Crippen LogP contribution is 2.64. The van der Waals surface area contributed by atoms with E-state index in [2.05, 4.69) is 6.58 Å². The van der Waals surface area contributed by atoms with E-state index in [1.165, 1.54) is 6.07 Å². The summed E-state index contributed by atoms with van der Waals surface area (Å²) < 4.78 is 13.2. The molecule has 2 heteroatoms. The van der Waals surface area contributed by atoms with Crippen molar-refractivity contribution in [2.45, 2.75) is 31.6 Å². The SMILES string of the molecule is C=C(C)C1C(c2ccc(F)c(C)c2)C1(C)Cl. The Morgan fingerprint density at radius 1 is 1.50 bits per heavy atom. The molecule has 0 aromatic heterocycles. The zero-order chi connectivity index (χ0) is 12.1. The summed E-state index contributed by atoms with van der Waals surface area (Å²) in [6, 6.07) is 5.24. The number of benzene rings is 1. The van der Waals surface area contributed by atoms with Gasteiger partial charge >= 0.3 is 0 Å². The summed E-state index contributed by atoms with van der Waals surface area (Å²) in [6.45, 7) is 9.78. The number of aryl methyl sites for hydroxylation is 1. The van der Waals surface area contributed by atoms with Crippen molar-refractivity contribution in [3.8, 4) is 0 Å². The molecule has 16 heavy (non-hydrogen) atoms. The van der Waals surface area contributed by atoms with E-state index in [1.807, 2.05) is 26.0 Å². The van der Waals surface area contributed by atoms with Crippen molar-refractivity contribution in [3.63, 3.8) is 0 Å². The molecule has 1 aliphatic carbocycles. The molecular weight excluding hydrogens is 223 g/mol. The van der Waals surface area contributed by atoms with E-state index < -0.39 is 0 Å². The molecule has 86 valence electrons. The third-order valence-electron chi connectivity index (χ3n) is 3.51. The molecule has 0 N–H and O–H groups in total. The van der Waals surface area contributed by atoms with Crippen molar-refractivity contribution in [1.82, 2.24) is 0 Å². The van der Waals surface area contributed by atoms with Crippen LogP contribution in [0, 0.1) is 18.7 Å². The summed E-state index contributed by atoms with van der Waals surface area (Å²) in [5.74, 6) is 0.414. The van der Waals surface area contributed by atoms with Gasteiger partial charge in [-0.2, -0.15) is 0 Å². The fraction of sp³-hybridized carbons (Fsp3) is 0.429. The molecule has 1 aromatic rings. The molecule has 0 saturated heterocycles. The number of hydrogen-bond donors (Lipinski definition) is 0. The molecule has 1 aromatic carbocycles. The topological polar surface area (TPSA) is 0 Å². The Labute approximate surface area is 101 Å². The molecule has 2 rings (SSSR count). The molecule has 1 aliphatic rings. The molecule has 0 bridgehead atoms. The smallest absolute Gasteiger partial charge is 0.126 e. The Morgan fingerprint density at radius 2 is 2.12 bits per heavy atom. The molecule has 3 atom stereocenters. The molecule has 0 nitrogen and oxygen atoms in total. The standard InChI is InChI=1S/C14H16ClF/c1-8(2)12-13(14(12,4)15)10-5-6-11(16)9(3)7-10/h5-7,12-13H,1H2,2-4H3. The quantitative estimate of drug-likeness (QED) is 0.529. The van der Waals surface area contributed by atoms with Gasteiger partial charge in [0, 0.05) is 11.8 Å². The van der Waals surface area contributed by atoms with Gasteiger partial charge in [0.05, 0.1) is 4.87 Å². The van der Waals surface area contributed by atoms with E-state index in [-0.39, 0.29) is 16.6 Å². The first kappa shape index (κ1) is 11.7. The van der Waals surface area contributed by atoms with Gasteiger partial charge in [0.2, 0.25) is 0 Å². The van der Waals surface area contributed by atoms with Gasteiger partial charge in [-0.15, -0.1) is 11.6 Å². The van der Waals surface area contributed by atoms with Crippen molar-refractivity contribution in [3.05, 3.63) is 47.3 Å². The normalized spacial score (nSPS) is 32.6. The summed E-state index contributed by atoms with van der Waals surface area (Å²) in [5, 5.41) is 0. The van der Waals surface area contributed by atoms with Crippen molar-refractivity contribution in [2.75, 3.05) is 0 Å². The molecule has 0 aliphatic heterocycles. The highest BCUT2D eigenvalue weighted by Gasteiger charge is 2.61. The molecule has 3 unspecified atom stereocenters. The minimum absolute atomic E-state index is 0.160. The maximum absolute atomic E-state index is 13.2. The third kappa shape index (κ3) is 1.67. The zero-order valence-electron chi connectivity index (χ0n) is 9.85. The van der Waals surface area contributed by atoms with E-state index >= 15 is 0 Å². The Morgan fingerprint density at radius 3 is 2.56 bits per heavy atom. The molecule has 1 saturated carbocycles. The van der Waals surface area contributed by atoms with Gasteiger partial charge in [0.1, 0.15) is 5.82 Å². The third-order valence-corrected chi connectivity index (χ3v) is 3.98. The molecule has 0 spiro atoms. The summed E-state index contributed by atoms with van der Waals surface area (Å²) in [7, 11) is 0. The van der Waals surface area contributed by atoms with Crippen LogP contribution in [0.2, 0.25) is 0 Å². The lowest BCUT2D eigenvalue weighted by Crippen LogP contribution is -1.96. The van der Waals surface area contributed by atoms with Gasteiger partial charge in [-0.3, -0.25) is 0 Å². The molecule has 0 radical (unpaired) electrons. The maximum atomic E-state index is 13.2. The van der Waals surface area contributed by atoms with Gasteiger partial charge in [-0.25, -0.2) is 4.39 Å². The Hall–Kier alpha value is -0.820. The van der Waals surface area contributed by atoms with Crippen LogP contribution < -0.4 is 0 Å². The van der Waals surface area contributed by atoms with Gasteiger partial charge in [-0.05, 0) is 38.0 Å². The number of alkyl halides is 1. The second kappa shape index (κ2) is 3.59. The lowest BCUT2D eigenvalue weighted by Gasteiger charge is -2.03. The first-order valence-electron chi connectivity index (χ1n) is 5.46. The van der Waals surface area contributed by atoms with E-state index in [1.54, 1.807) is 6.92 Å². The van der Waals surface area contributed by atoms with Crippen LogP contribution in [0.25, 0.3) is 0 Å². The second-order valence-electron chi connectivity index (χ2n) is 4.96. The molecular formula is C14H16ClF. The highest BCUT2D eigenvalue weighted by atomic mass is 35.5. The van der Waals surface area contributed by atoms with Crippen LogP contribution in [-0.2, 0) is 0 Å². The van der Waals surface area contributed by atoms with E-state index in [0.717, 1.165) is 11.1 Å². The summed E-state index contributed by atoms with van der Waals surface area (Å²) >= 11 is 6.44. The predicted octanol–water partition coefficient (Wildman–Crippen LogP) is 4.42. The number of allylic oxidation sites excluding steroid dienone is 1. The van der Waals surface area contributed by atoms with Crippen LogP contribution in [-0.4, -0.2) is 4.87 Å². The van der Waals surface area contributed by atoms with E-state index in [0.29, 0.717) is 11.5 Å². The zero-order valence-corrected chi connectivity index (χ0v) is 10.6. The Kier molecular flexibility index (Phi) is 2.62. The number of hydrogen-bond acceptors (Lipinski definition) is 0. The molecule has 1 fully saturated rings. The number of halogens is 2. The fourth-order valence-corrected chi connectivity index (χ4v) is 3.13. The van der Waals surface area contributed by atoms with Crippen LogP contribution in [0.5, 0.6) is 0 Å². The van der Waals surface area contributed by atoms with Crippen LogP contribution >= 0.6 is 11.6 Å². The second-order valence-corrected chi connectivity index (χ2v) is 5.78. The lowest BCUT2D eigenvalue weighted by molar-refractivity contribution is 0.617. The number of rotatable bonds is 2. The predicted molar refractivity (Wildman–Crippen MR) is 66.4 cm³/mol. The van der Waals surface area contributed by atoms with Gasteiger partial charge in [-0.1, -0.05) is 24.3 Å². The minimum Gasteiger partial charge on any atom is -0.207 e. The van der Waals surface area contributed by atoms with Crippen molar-refractivity contribution >= 4 is 11.6 Å². The van der Waals surface area contributed by atoms with Gasteiger partial charge < -0.3 is 0 Å². The average molecular weight is 239 g/mol. The van der Waals surface area contributed by atoms with E-state index in [9.17, 15) is 4.39 Å². The Bertz CT molecular complexity index is 448. The van der Waals surface area contributed by atoms with E-state index in [4.69, 9.17) is 11.6 Å². The van der Waals surface area contributed by atoms with Crippen LogP contribution in [0.1, 0.15) is 30.9 Å². The van der Waals surface area contributed by atoms with Crippen molar-refractivity contribution in [2.24, 2.45) is 5.92 Å². The summed E-state index contributed by atoms with van der Waals surface area (Å²) in [4.78, 5) is -0.254. The average Bonchev–Trinajstić information content (AvgIpc) is 2.74. The van der Waals surface area contributed by atoms with Crippen molar-refractivity contribution < 1.29 is 4.39 Å². The van der Waals surface area contributed by atoms with Crippen LogP contribution in [0.3, 0.4) is 0 Å². The van der Waals surface area contributed by atoms with Gasteiger partial charge in [0.15, 0.2) is 0 Å². The summed E-state index contributed by atoms with van der Waals surface area (Å²) in [5.41, 5.74) is 2.89. The van der Waals surface area contributed by atoms with Gasteiger partial charge in [0.25, 0.3) is 0 Å².